The monoisotopic (exact) mass is 243 g/mol. The summed E-state index contributed by atoms with van der Waals surface area (Å²) >= 11 is 0. The Labute approximate surface area is 106 Å². The third-order valence-corrected chi connectivity index (χ3v) is 4.09. The number of hydrogen-bond acceptors (Lipinski definition) is 4. The zero-order valence-electron chi connectivity index (χ0n) is 11.9. The standard InChI is InChI=1S/C13H29N3O/c1-5-16(8-9-17-4)13(10-14)6-7-15(11-13)12(2)3/h12H,5-11,14H2,1-4H3. The summed E-state index contributed by atoms with van der Waals surface area (Å²) in [5, 5.41) is 0. The highest BCUT2D eigenvalue weighted by atomic mass is 16.5. The zero-order chi connectivity index (χ0) is 12.9. The van der Waals surface area contributed by atoms with Crippen LogP contribution in [0.1, 0.15) is 27.2 Å². The van der Waals surface area contributed by atoms with Crippen LogP contribution in [0.4, 0.5) is 0 Å². The average molecular weight is 243 g/mol. The molecule has 4 nitrogen and oxygen atoms in total. The summed E-state index contributed by atoms with van der Waals surface area (Å²) in [4.78, 5) is 5.03. The number of nitrogens with two attached hydrogens (primary N) is 1. The molecule has 17 heavy (non-hydrogen) atoms. The van der Waals surface area contributed by atoms with Gasteiger partial charge in [0, 0.05) is 44.9 Å². The van der Waals surface area contributed by atoms with Gasteiger partial charge in [0.05, 0.1) is 6.61 Å². The largest absolute Gasteiger partial charge is 0.383 e. The van der Waals surface area contributed by atoms with Crippen LogP contribution in [0.15, 0.2) is 0 Å². The summed E-state index contributed by atoms with van der Waals surface area (Å²) in [5.74, 6) is 0. The lowest BCUT2D eigenvalue weighted by atomic mass is 9.96. The molecule has 0 saturated carbocycles. The molecule has 2 N–H and O–H groups in total. The fraction of sp³-hybridized carbons (Fsp3) is 1.00. The molecule has 1 aliphatic rings. The maximum Gasteiger partial charge on any atom is 0.0589 e. The normalized spacial score (nSPS) is 26.3. The number of ether oxygens (including phenoxy) is 1. The van der Waals surface area contributed by atoms with Crippen molar-refractivity contribution in [2.24, 2.45) is 5.73 Å². The minimum Gasteiger partial charge on any atom is -0.383 e. The summed E-state index contributed by atoms with van der Waals surface area (Å²) in [6.45, 7) is 12.6. The Morgan fingerprint density at radius 1 is 1.47 bits per heavy atom. The highest BCUT2D eigenvalue weighted by Gasteiger charge is 2.41. The van der Waals surface area contributed by atoms with Crippen molar-refractivity contribution in [2.75, 3.05) is 46.4 Å². The second kappa shape index (κ2) is 6.69. The summed E-state index contributed by atoms with van der Waals surface area (Å²) in [5.41, 5.74) is 6.23. The van der Waals surface area contributed by atoms with Gasteiger partial charge in [-0.3, -0.25) is 9.80 Å². The van der Waals surface area contributed by atoms with E-state index in [1.165, 1.54) is 13.0 Å². The van der Waals surface area contributed by atoms with Crippen LogP contribution in [0.5, 0.6) is 0 Å². The van der Waals surface area contributed by atoms with Gasteiger partial charge in [-0.1, -0.05) is 6.92 Å². The molecule has 102 valence electrons. The molecule has 1 heterocycles. The topological polar surface area (TPSA) is 41.7 Å². The molecule has 0 radical (unpaired) electrons. The summed E-state index contributed by atoms with van der Waals surface area (Å²) < 4.78 is 5.20. The molecule has 0 aliphatic carbocycles. The smallest absolute Gasteiger partial charge is 0.0589 e. The van der Waals surface area contributed by atoms with E-state index in [2.05, 4.69) is 30.6 Å². The van der Waals surface area contributed by atoms with Gasteiger partial charge in [0.25, 0.3) is 0 Å². The first-order valence-electron chi connectivity index (χ1n) is 6.77. The molecule has 0 aromatic rings. The van der Waals surface area contributed by atoms with E-state index in [0.717, 1.165) is 32.8 Å². The predicted molar refractivity (Wildman–Crippen MR) is 72.2 cm³/mol. The Hall–Kier alpha value is -0.160. The molecule has 1 saturated heterocycles. The maximum atomic E-state index is 6.07. The number of nitrogens with zero attached hydrogens (tertiary/aromatic N) is 2. The van der Waals surface area contributed by atoms with E-state index in [-0.39, 0.29) is 5.54 Å². The van der Waals surface area contributed by atoms with Crippen molar-refractivity contribution in [3.63, 3.8) is 0 Å². The van der Waals surface area contributed by atoms with Crippen molar-refractivity contribution in [3.8, 4) is 0 Å². The number of likely N-dealkylation sites (tertiary alicyclic amines) is 1. The lowest BCUT2D eigenvalue weighted by Gasteiger charge is -2.40. The minimum absolute atomic E-state index is 0.164. The van der Waals surface area contributed by atoms with Crippen LogP contribution in [0.25, 0.3) is 0 Å². The molecule has 1 aliphatic heterocycles. The Bertz CT molecular complexity index is 223. The minimum atomic E-state index is 0.164. The second-order valence-corrected chi connectivity index (χ2v) is 5.32. The molecule has 1 atom stereocenters. The SMILES string of the molecule is CCN(CCOC)C1(CN)CCN(C(C)C)C1. The highest BCUT2D eigenvalue weighted by Crippen LogP contribution is 2.28. The fourth-order valence-electron chi connectivity index (χ4n) is 2.81. The molecule has 0 aromatic heterocycles. The molecule has 0 bridgehead atoms. The maximum absolute atomic E-state index is 6.07. The quantitative estimate of drug-likeness (QED) is 0.717. The van der Waals surface area contributed by atoms with Gasteiger partial charge in [-0.05, 0) is 26.8 Å². The Balaban J connectivity index is 2.67. The Kier molecular flexibility index (Phi) is 5.86. The number of rotatable bonds is 7. The first kappa shape index (κ1) is 14.9. The van der Waals surface area contributed by atoms with E-state index >= 15 is 0 Å². The van der Waals surface area contributed by atoms with Crippen molar-refractivity contribution >= 4 is 0 Å². The second-order valence-electron chi connectivity index (χ2n) is 5.32. The molecular weight excluding hydrogens is 214 g/mol. The Morgan fingerprint density at radius 2 is 2.18 bits per heavy atom. The first-order valence-corrected chi connectivity index (χ1v) is 6.77. The molecule has 0 aromatic carbocycles. The number of likely N-dealkylation sites (N-methyl/N-ethyl adjacent to an activating group) is 1. The van der Waals surface area contributed by atoms with E-state index in [9.17, 15) is 0 Å². The lowest BCUT2D eigenvalue weighted by molar-refractivity contribution is 0.0659. The van der Waals surface area contributed by atoms with Gasteiger partial charge in [-0.25, -0.2) is 0 Å². The highest BCUT2D eigenvalue weighted by molar-refractivity contribution is 5.00. The van der Waals surface area contributed by atoms with E-state index in [1.807, 2.05) is 0 Å². The zero-order valence-corrected chi connectivity index (χ0v) is 11.9. The van der Waals surface area contributed by atoms with Crippen molar-refractivity contribution in [2.45, 2.75) is 38.8 Å². The van der Waals surface area contributed by atoms with E-state index in [4.69, 9.17) is 10.5 Å². The van der Waals surface area contributed by atoms with Crippen LogP contribution in [0.3, 0.4) is 0 Å². The van der Waals surface area contributed by atoms with E-state index < -0.39 is 0 Å². The summed E-state index contributed by atoms with van der Waals surface area (Å²) in [7, 11) is 1.76. The van der Waals surface area contributed by atoms with Gasteiger partial charge in [0.2, 0.25) is 0 Å². The first-order chi connectivity index (χ1) is 8.09. The van der Waals surface area contributed by atoms with E-state index in [0.29, 0.717) is 6.04 Å². The van der Waals surface area contributed by atoms with Gasteiger partial charge < -0.3 is 10.5 Å². The van der Waals surface area contributed by atoms with Gasteiger partial charge in [0.15, 0.2) is 0 Å². The van der Waals surface area contributed by atoms with Crippen LogP contribution < -0.4 is 5.73 Å². The molecule has 0 amide bonds. The molecule has 1 rings (SSSR count). The predicted octanol–water partition coefficient (Wildman–Crippen LogP) is 0.766. The number of hydrogen-bond donors (Lipinski definition) is 1. The molecule has 1 fully saturated rings. The van der Waals surface area contributed by atoms with Gasteiger partial charge in [0.1, 0.15) is 0 Å². The van der Waals surface area contributed by atoms with Gasteiger partial charge in [-0.15, -0.1) is 0 Å². The van der Waals surface area contributed by atoms with Gasteiger partial charge in [-0.2, -0.15) is 0 Å². The fourth-order valence-corrected chi connectivity index (χ4v) is 2.81. The van der Waals surface area contributed by atoms with Crippen LogP contribution in [0.2, 0.25) is 0 Å². The molecular formula is C13H29N3O. The Morgan fingerprint density at radius 3 is 2.59 bits per heavy atom. The molecule has 1 unspecified atom stereocenters. The van der Waals surface area contributed by atoms with Crippen LogP contribution in [-0.2, 0) is 4.74 Å². The lowest BCUT2D eigenvalue weighted by Crippen LogP contribution is -2.56. The molecule has 4 heteroatoms. The average Bonchev–Trinajstić information content (AvgIpc) is 2.76. The third kappa shape index (κ3) is 3.41. The van der Waals surface area contributed by atoms with Crippen molar-refractivity contribution in [3.05, 3.63) is 0 Å². The van der Waals surface area contributed by atoms with E-state index in [1.54, 1.807) is 7.11 Å². The summed E-state index contributed by atoms with van der Waals surface area (Å²) in [6, 6.07) is 0.615. The number of methoxy groups -OCH3 is 1. The summed E-state index contributed by atoms with van der Waals surface area (Å²) in [6.07, 6.45) is 1.18. The van der Waals surface area contributed by atoms with Crippen molar-refractivity contribution in [1.82, 2.24) is 9.80 Å². The molecule has 0 spiro atoms. The van der Waals surface area contributed by atoms with Crippen molar-refractivity contribution in [1.29, 1.82) is 0 Å². The third-order valence-electron chi connectivity index (χ3n) is 4.09. The van der Waals surface area contributed by atoms with Crippen LogP contribution in [-0.4, -0.2) is 67.8 Å². The van der Waals surface area contributed by atoms with Crippen molar-refractivity contribution < 1.29 is 4.74 Å². The van der Waals surface area contributed by atoms with Gasteiger partial charge >= 0.3 is 0 Å². The van der Waals surface area contributed by atoms with Crippen LogP contribution in [0, 0.1) is 0 Å². The van der Waals surface area contributed by atoms with Crippen LogP contribution >= 0.6 is 0 Å².